The van der Waals surface area contributed by atoms with Crippen LogP contribution in [-0.2, 0) is 14.3 Å². The minimum absolute atomic E-state index is 0.0680. The summed E-state index contributed by atoms with van der Waals surface area (Å²) >= 11 is 0. The number of ether oxygens (including phenoxy) is 1. The normalized spacial score (nSPS) is 25.1. The molecule has 146 valence electrons. The number of imide groups is 1. The van der Waals surface area contributed by atoms with E-state index >= 15 is 0 Å². The Labute approximate surface area is 154 Å². The summed E-state index contributed by atoms with van der Waals surface area (Å²) < 4.78 is 5.45. The fourth-order valence-corrected chi connectivity index (χ4v) is 3.94. The molecule has 3 rings (SSSR count). The molecule has 2 N–H and O–H groups in total. The highest BCUT2D eigenvalue weighted by atomic mass is 16.5. The van der Waals surface area contributed by atoms with Crippen LogP contribution in [0.2, 0.25) is 0 Å². The van der Waals surface area contributed by atoms with E-state index in [2.05, 4.69) is 10.6 Å². The minimum atomic E-state index is -0.394. The number of piperazine rings is 1. The number of hydrogen-bond acceptors (Lipinski definition) is 5. The van der Waals surface area contributed by atoms with Gasteiger partial charge in [-0.05, 0) is 25.7 Å². The second-order valence-corrected chi connectivity index (χ2v) is 7.46. The molecule has 0 aromatic carbocycles. The molecule has 26 heavy (non-hydrogen) atoms. The van der Waals surface area contributed by atoms with Crippen LogP contribution in [0.5, 0.6) is 0 Å². The maximum Gasteiger partial charge on any atom is 0.321 e. The summed E-state index contributed by atoms with van der Waals surface area (Å²) in [4.78, 5) is 40.1. The van der Waals surface area contributed by atoms with Crippen LogP contribution in [0.3, 0.4) is 0 Å². The van der Waals surface area contributed by atoms with E-state index in [4.69, 9.17) is 4.74 Å². The summed E-state index contributed by atoms with van der Waals surface area (Å²) in [5.41, 5.74) is 0. The highest BCUT2D eigenvalue weighted by Gasteiger charge is 2.30. The van der Waals surface area contributed by atoms with Crippen molar-refractivity contribution >= 4 is 17.8 Å². The number of carbonyl (C=O) groups is 3. The zero-order valence-corrected chi connectivity index (χ0v) is 15.4. The minimum Gasteiger partial charge on any atom is -0.368 e. The number of carbonyl (C=O) groups excluding carboxylic acids is 3. The van der Waals surface area contributed by atoms with Gasteiger partial charge in [-0.1, -0.05) is 19.3 Å². The standard InChI is InChI=1S/C18H30N4O4/c23-16(20-18(25)19-14-5-2-1-3-6-14)13-21-8-10-22(11-9-21)17(24)15-7-4-12-26-15/h14-15H,1-13H2,(H2,19,20,23,25)/t15-/m1/s1. The quantitative estimate of drug-likeness (QED) is 0.755. The highest BCUT2D eigenvalue weighted by Crippen LogP contribution is 2.17. The van der Waals surface area contributed by atoms with Crippen LogP contribution >= 0.6 is 0 Å². The number of hydrogen-bond donors (Lipinski definition) is 2. The maximum absolute atomic E-state index is 12.3. The van der Waals surface area contributed by atoms with Gasteiger partial charge in [0.05, 0.1) is 6.54 Å². The summed E-state index contributed by atoms with van der Waals surface area (Å²) in [5.74, 6) is -0.226. The van der Waals surface area contributed by atoms with Crippen molar-refractivity contribution in [2.75, 3.05) is 39.3 Å². The molecule has 0 bridgehead atoms. The Kier molecular flexibility index (Phi) is 6.85. The zero-order valence-electron chi connectivity index (χ0n) is 15.4. The molecule has 3 fully saturated rings. The van der Waals surface area contributed by atoms with Gasteiger partial charge in [0.2, 0.25) is 5.91 Å². The van der Waals surface area contributed by atoms with Gasteiger partial charge in [0.25, 0.3) is 5.91 Å². The molecular weight excluding hydrogens is 336 g/mol. The van der Waals surface area contributed by atoms with E-state index in [1.165, 1.54) is 6.42 Å². The fourth-order valence-electron chi connectivity index (χ4n) is 3.94. The largest absolute Gasteiger partial charge is 0.368 e. The molecule has 3 aliphatic rings. The molecule has 8 heteroatoms. The van der Waals surface area contributed by atoms with Crippen LogP contribution in [0.15, 0.2) is 0 Å². The zero-order chi connectivity index (χ0) is 18.4. The summed E-state index contributed by atoms with van der Waals surface area (Å²) in [6.07, 6.45) is 6.93. The van der Waals surface area contributed by atoms with E-state index in [0.29, 0.717) is 32.8 Å². The Morgan fingerprint density at radius 2 is 1.65 bits per heavy atom. The second-order valence-electron chi connectivity index (χ2n) is 7.46. The molecule has 2 saturated heterocycles. The summed E-state index contributed by atoms with van der Waals surface area (Å²) in [6.45, 7) is 3.31. The monoisotopic (exact) mass is 366 g/mol. The van der Waals surface area contributed by atoms with Gasteiger partial charge >= 0.3 is 6.03 Å². The van der Waals surface area contributed by atoms with Gasteiger partial charge in [0, 0.05) is 38.8 Å². The van der Waals surface area contributed by atoms with Gasteiger partial charge in [0.15, 0.2) is 0 Å². The van der Waals surface area contributed by atoms with E-state index in [1.807, 2.05) is 9.80 Å². The van der Waals surface area contributed by atoms with E-state index in [-0.39, 0.29) is 30.5 Å². The fraction of sp³-hybridized carbons (Fsp3) is 0.833. The van der Waals surface area contributed by atoms with E-state index < -0.39 is 6.03 Å². The third-order valence-electron chi connectivity index (χ3n) is 5.45. The van der Waals surface area contributed by atoms with E-state index in [9.17, 15) is 14.4 Å². The first-order valence-electron chi connectivity index (χ1n) is 9.85. The number of amides is 4. The lowest BCUT2D eigenvalue weighted by Gasteiger charge is -2.35. The van der Waals surface area contributed by atoms with Gasteiger partial charge in [-0.3, -0.25) is 19.8 Å². The van der Waals surface area contributed by atoms with Gasteiger partial charge in [-0.25, -0.2) is 4.79 Å². The van der Waals surface area contributed by atoms with Crippen LogP contribution in [-0.4, -0.2) is 79.1 Å². The number of nitrogens with one attached hydrogen (secondary N) is 2. The van der Waals surface area contributed by atoms with Crippen LogP contribution in [0.25, 0.3) is 0 Å². The van der Waals surface area contributed by atoms with Gasteiger partial charge in [0.1, 0.15) is 6.10 Å². The molecule has 0 aromatic heterocycles. The van der Waals surface area contributed by atoms with Crippen LogP contribution in [0, 0.1) is 0 Å². The van der Waals surface area contributed by atoms with E-state index in [0.717, 1.165) is 38.5 Å². The third kappa shape index (κ3) is 5.41. The van der Waals surface area contributed by atoms with Crippen LogP contribution < -0.4 is 10.6 Å². The Morgan fingerprint density at radius 3 is 2.31 bits per heavy atom. The summed E-state index contributed by atoms with van der Waals surface area (Å²) in [5, 5.41) is 5.31. The van der Waals surface area contributed by atoms with Crippen LogP contribution in [0.1, 0.15) is 44.9 Å². The molecule has 0 radical (unpaired) electrons. The number of rotatable bonds is 4. The van der Waals surface area contributed by atoms with Gasteiger partial charge < -0.3 is 15.0 Å². The van der Waals surface area contributed by atoms with Crippen LogP contribution in [0.4, 0.5) is 4.79 Å². The number of nitrogens with zero attached hydrogens (tertiary/aromatic N) is 2. The predicted octanol–water partition coefficient (Wildman–Crippen LogP) is 0.468. The smallest absolute Gasteiger partial charge is 0.321 e. The topological polar surface area (TPSA) is 91.0 Å². The van der Waals surface area contributed by atoms with Gasteiger partial charge in [-0.2, -0.15) is 0 Å². The first-order valence-corrected chi connectivity index (χ1v) is 9.85. The lowest BCUT2D eigenvalue weighted by molar-refractivity contribution is -0.142. The average Bonchev–Trinajstić information content (AvgIpc) is 3.17. The van der Waals surface area contributed by atoms with Crippen molar-refractivity contribution < 1.29 is 19.1 Å². The first kappa shape index (κ1) is 19.1. The molecule has 0 spiro atoms. The lowest BCUT2D eigenvalue weighted by atomic mass is 9.96. The molecule has 1 atom stereocenters. The van der Waals surface area contributed by atoms with Crippen molar-refractivity contribution in [1.82, 2.24) is 20.4 Å². The molecule has 1 aliphatic carbocycles. The molecule has 4 amide bonds. The SMILES string of the molecule is O=C(CN1CCN(C(=O)[C@H]2CCCO2)CC1)NC(=O)NC1CCCCC1. The Morgan fingerprint density at radius 1 is 0.923 bits per heavy atom. The molecule has 0 unspecified atom stereocenters. The van der Waals surface area contributed by atoms with Crippen molar-refractivity contribution in [3.8, 4) is 0 Å². The Hall–Kier alpha value is -1.67. The second kappa shape index (κ2) is 9.32. The molecule has 1 saturated carbocycles. The molecule has 2 heterocycles. The first-order chi connectivity index (χ1) is 12.6. The van der Waals surface area contributed by atoms with Crippen molar-refractivity contribution in [3.05, 3.63) is 0 Å². The highest BCUT2D eigenvalue weighted by molar-refractivity contribution is 5.95. The Bertz CT molecular complexity index is 507. The van der Waals surface area contributed by atoms with E-state index in [1.54, 1.807) is 0 Å². The van der Waals surface area contributed by atoms with Crippen molar-refractivity contribution in [2.24, 2.45) is 0 Å². The molecule has 8 nitrogen and oxygen atoms in total. The maximum atomic E-state index is 12.3. The Balaban J connectivity index is 1.33. The molecule has 2 aliphatic heterocycles. The number of urea groups is 1. The van der Waals surface area contributed by atoms with Crippen molar-refractivity contribution in [2.45, 2.75) is 57.1 Å². The lowest BCUT2D eigenvalue weighted by Crippen LogP contribution is -2.54. The van der Waals surface area contributed by atoms with Crippen molar-refractivity contribution in [1.29, 1.82) is 0 Å². The predicted molar refractivity (Wildman–Crippen MR) is 95.5 cm³/mol. The third-order valence-corrected chi connectivity index (χ3v) is 5.45. The molecule has 0 aromatic rings. The van der Waals surface area contributed by atoms with Gasteiger partial charge in [-0.15, -0.1) is 0 Å². The molecular formula is C18H30N4O4. The summed E-state index contributed by atoms with van der Waals surface area (Å²) in [6, 6.07) is -0.210. The average molecular weight is 366 g/mol. The van der Waals surface area contributed by atoms with Crippen molar-refractivity contribution in [3.63, 3.8) is 0 Å². The summed E-state index contributed by atoms with van der Waals surface area (Å²) in [7, 11) is 0.